The molecule has 3 aromatic heterocycles. The second-order valence-corrected chi connectivity index (χ2v) is 7.39. The molecule has 0 aliphatic carbocycles. The van der Waals surface area contributed by atoms with Gasteiger partial charge in [-0.25, -0.2) is 4.99 Å². The van der Waals surface area contributed by atoms with Gasteiger partial charge in [-0.2, -0.15) is 0 Å². The molecular formula is C19H19N3OS. The molecule has 4 nitrogen and oxygen atoms in total. The van der Waals surface area contributed by atoms with Gasteiger partial charge in [0.2, 0.25) is 0 Å². The fraction of sp³-hybridized carbons (Fsp3) is 0.211. The molecule has 4 rings (SSSR count). The van der Waals surface area contributed by atoms with E-state index in [0.717, 1.165) is 39.8 Å². The lowest BCUT2D eigenvalue weighted by atomic mass is 10.2. The van der Waals surface area contributed by atoms with Crippen LogP contribution >= 0.6 is 11.3 Å². The zero-order valence-electron chi connectivity index (χ0n) is 14.2. The Bertz CT molecular complexity index is 995. The fourth-order valence-electron chi connectivity index (χ4n) is 3.04. The molecular weight excluding hydrogens is 318 g/mol. The highest BCUT2D eigenvalue weighted by molar-refractivity contribution is 7.19. The molecule has 2 N–H and O–H groups in total. The second kappa shape index (κ2) is 5.53. The summed E-state index contributed by atoms with van der Waals surface area (Å²) in [6, 6.07) is 6.45. The standard InChI is InChI=1S/C19H19N3OS/c1-10-5-11(2)20-13(10)7-16-18(23-4)8-14(21-16)15-9-19-17(22-15)6-12(3)24-19/h5-9,20,22H,1-4H3. The largest absolute Gasteiger partial charge is 0.494 e. The van der Waals surface area contributed by atoms with Gasteiger partial charge in [-0.1, -0.05) is 0 Å². The van der Waals surface area contributed by atoms with Gasteiger partial charge >= 0.3 is 0 Å². The van der Waals surface area contributed by atoms with E-state index in [-0.39, 0.29) is 0 Å². The molecule has 0 amide bonds. The number of hydrogen-bond acceptors (Lipinski definition) is 3. The van der Waals surface area contributed by atoms with E-state index in [0.29, 0.717) is 0 Å². The highest BCUT2D eigenvalue weighted by Crippen LogP contribution is 2.29. The molecule has 0 saturated carbocycles. The van der Waals surface area contributed by atoms with Gasteiger partial charge in [-0.3, -0.25) is 0 Å². The van der Waals surface area contributed by atoms with Crippen LogP contribution in [0.4, 0.5) is 0 Å². The molecule has 0 bridgehead atoms. The number of rotatable bonds is 3. The number of H-pyrrole nitrogens is 2. The number of thiophene rings is 1. The van der Waals surface area contributed by atoms with Crippen LogP contribution in [0.5, 0.6) is 0 Å². The number of hydrogen-bond donors (Lipinski definition) is 2. The van der Waals surface area contributed by atoms with Crippen molar-refractivity contribution in [2.45, 2.75) is 20.8 Å². The van der Waals surface area contributed by atoms with Crippen molar-refractivity contribution < 1.29 is 4.74 Å². The number of aromatic amines is 2. The SMILES string of the molecule is COC1=CC(c2cc3sc(C)cc3[nH]2)=NC1=Cc1[nH]c(C)cc1C. The van der Waals surface area contributed by atoms with E-state index in [2.05, 4.69) is 48.9 Å². The third kappa shape index (κ3) is 2.51. The smallest absolute Gasteiger partial charge is 0.146 e. The average Bonchev–Trinajstić information content (AvgIpc) is 3.23. The number of aryl methyl sites for hydroxylation is 3. The van der Waals surface area contributed by atoms with Crippen molar-refractivity contribution in [3.05, 3.63) is 63.3 Å². The third-order valence-electron chi connectivity index (χ3n) is 4.16. The summed E-state index contributed by atoms with van der Waals surface area (Å²) in [5, 5.41) is 0. The van der Waals surface area contributed by atoms with Crippen LogP contribution < -0.4 is 0 Å². The van der Waals surface area contributed by atoms with Crippen LogP contribution in [0.25, 0.3) is 16.3 Å². The van der Waals surface area contributed by atoms with E-state index < -0.39 is 0 Å². The zero-order chi connectivity index (χ0) is 16.8. The van der Waals surface area contributed by atoms with Gasteiger partial charge in [0, 0.05) is 22.3 Å². The summed E-state index contributed by atoms with van der Waals surface area (Å²) in [4.78, 5) is 12.9. The number of aromatic nitrogens is 2. The van der Waals surface area contributed by atoms with Crippen LogP contribution in [-0.2, 0) is 4.74 Å². The Balaban J connectivity index is 1.75. The van der Waals surface area contributed by atoms with Crippen molar-refractivity contribution in [1.82, 2.24) is 9.97 Å². The first-order valence-electron chi connectivity index (χ1n) is 7.85. The molecule has 3 aromatic rings. The van der Waals surface area contributed by atoms with Gasteiger partial charge in [-0.05, 0) is 50.6 Å². The van der Waals surface area contributed by atoms with E-state index >= 15 is 0 Å². The Morgan fingerprint density at radius 2 is 1.96 bits per heavy atom. The Labute approximate surface area is 144 Å². The van der Waals surface area contributed by atoms with E-state index in [1.54, 1.807) is 18.4 Å². The minimum atomic E-state index is 0.783. The molecule has 0 spiro atoms. The van der Waals surface area contributed by atoms with Crippen LogP contribution in [-0.4, -0.2) is 22.8 Å². The van der Waals surface area contributed by atoms with Gasteiger partial charge in [0.25, 0.3) is 0 Å². The number of aliphatic imine (C=N–C) groups is 1. The number of ether oxygens (including phenoxy) is 1. The van der Waals surface area contributed by atoms with Gasteiger partial charge in [0.05, 0.1) is 28.7 Å². The maximum Gasteiger partial charge on any atom is 0.146 e. The fourth-order valence-corrected chi connectivity index (χ4v) is 3.96. The average molecular weight is 337 g/mol. The van der Waals surface area contributed by atoms with Crippen molar-refractivity contribution in [3.63, 3.8) is 0 Å². The monoisotopic (exact) mass is 337 g/mol. The summed E-state index contributed by atoms with van der Waals surface area (Å²) in [6.07, 6.45) is 4.03. The van der Waals surface area contributed by atoms with Gasteiger partial charge in [-0.15, -0.1) is 11.3 Å². The van der Waals surface area contributed by atoms with Crippen molar-refractivity contribution in [1.29, 1.82) is 0 Å². The topological polar surface area (TPSA) is 53.2 Å². The molecule has 0 aromatic carbocycles. The molecule has 1 aliphatic rings. The number of fused-ring (bicyclic) bond motifs is 1. The quantitative estimate of drug-likeness (QED) is 0.705. The van der Waals surface area contributed by atoms with E-state index in [4.69, 9.17) is 9.73 Å². The maximum atomic E-state index is 5.52. The minimum Gasteiger partial charge on any atom is -0.494 e. The van der Waals surface area contributed by atoms with Gasteiger partial charge in [0.1, 0.15) is 11.5 Å². The Morgan fingerprint density at radius 1 is 1.12 bits per heavy atom. The third-order valence-corrected chi connectivity index (χ3v) is 5.15. The number of nitrogens with one attached hydrogen (secondary N) is 2. The normalized spacial score (nSPS) is 16.1. The van der Waals surface area contributed by atoms with E-state index in [9.17, 15) is 0 Å². The summed E-state index contributed by atoms with van der Waals surface area (Å²) in [5.41, 5.74) is 7.34. The lowest BCUT2D eigenvalue weighted by Crippen LogP contribution is -1.93. The molecule has 4 heterocycles. The second-order valence-electron chi connectivity index (χ2n) is 6.11. The van der Waals surface area contributed by atoms with Crippen LogP contribution in [0.3, 0.4) is 0 Å². The van der Waals surface area contributed by atoms with Crippen molar-refractivity contribution in [2.75, 3.05) is 7.11 Å². The van der Waals surface area contributed by atoms with Crippen LogP contribution in [0.2, 0.25) is 0 Å². The van der Waals surface area contributed by atoms with E-state index in [1.165, 1.54) is 15.1 Å². The molecule has 0 fully saturated rings. The van der Waals surface area contributed by atoms with Gasteiger partial charge < -0.3 is 14.7 Å². The van der Waals surface area contributed by atoms with Crippen LogP contribution in [0.1, 0.15) is 27.5 Å². The zero-order valence-corrected chi connectivity index (χ0v) is 15.0. The van der Waals surface area contributed by atoms with Crippen molar-refractivity contribution in [3.8, 4) is 0 Å². The number of nitrogens with zero attached hydrogens (tertiary/aromatic N) is 1. The van der Waals surface area contributed by atoms with Crippen molar-refractivity contribution >= 4 is 33.3 Å². The highest BCUT2D eigenvalue weighted by atomic mass is 32.1. The molecule has 0 atom stereocenters. The molecule has 0 saturated heterocycles. The molecule has 0 radical (unpaired) electrons. The van der Waals surface area contributed by atoms with Crippen LogP contribution in [0.15, 0.2) is 40.7 Å². The molecule has 1 aliphatic heterocycles. The van der Waals surface area contributed by atoms with E-state index in [1.807, 2.05) is 12.2 Å². The predicted molar refractivity (Wildman–Crippen MR) is 101 cm³/mol. The Kier molecular flexibility index (Phi) is 3.46. The lowest BCUT2D eigenvalue weighted by molar-refractivity contribution is 0.303. The first kappa shape index (κ1) is 15.0. The Hall–Kier alpha value is -2.53. The molecule has 122 valence electrons. The molecule has 0 unspecified atom stereocenters. The van der Waals surface area contributed by atoms with Crippen LogP contribution in [0, 0.1) is 20.8 Å². The summed E-state index contributed by atoms with van der Waals surface area (Å²) >= 11 is 1.79. The number of allylic oxidation sites excluding steroid dienone is 1. The lowest BCUT2D eigenvalue weighted by Gasteiger charge is -2.01. The number of methoxy groups -OCH3 is 1. The maximum absolute atomic E-state index is 5.52. The van der Waals surface area contributed by atoms with Gasteiger partial charge in [0.15, 0.2) is 0 Å². The summed E-state index contributed by atoms with van der Waals surface area (Å²) in [7, 11) is 1.68. The Morgan fingerprint density at radius 3 is 2.62 bits per heavy atom. The first-order valence-corrected chi connectivity index (χ1v) is 8.67. The summed E-state index contributed by atoms with van der Waals surface area (Å²) < 4.78 is 6.78. The summed E-state index contributed by atoms with van der Waals surface area (Å²) in [6.45, 7) is 6.27. The van der Waals surface area contributed by atoms with Crippen molar-refractivity contribution in [2.24, 2.45) is 4.99 Å². The first-order chi connectivity index (χ1) is 11.5. The molecule has 24 heavy (non-hydrogen) atoms. The minimum absolute atomic E-state index is 0.783. The highest BCUT2D eigenvalue weighted by Gasteiger charge is 2.19. The summed E-state index contributed by atoms with van der Waals surface area (Å²) in [5.74, 6) is 0.783. The molecule has 5 heteroatoms. The predicted octanol–water partition coefficient (Wildman–Crippen LogP) is 4.86.